The Kier molecular flexibility index (Phi) is 4.77. The molecule has 0 aliphatic carbocycles. The van der Waals surface area contributed by atoms with Crippen LogP contribution in [-0.2, 0) is 0 Å². The summed E-state index contributed by atoms with van der Waals surface area (Å²) in [5.74, 6) is -0.0658. The van der Waals surface area contributed by atoms with E-state index in [2.05, 4.69) is 15.1 Å². The molecule has 2 amide bonds. The van der Waals surface area contributed by atoms with Gasteiger partial charge in [0.15, 0.2) is 5.65 Å². The monoisotopic (exact) mass is 378 g/mol. The normalized spacial score (nSPS) is 16.9. The van der Waals surface area contributed by atoms with E-state index in [1.807, 2.05) is 17.0 Å². The standard InChI is InChI=1S/C20H22N6O2/c1-24(2)19(27)15-12-23-26-17(8-10-22-18(15)26)14-6-5-11-25(13-14)20(28)16-7-3-4-9-21-16/h3-4,7-10,12,14H,5-6,11,13H2,1-2H3. The van der Waals surface area contributed by atoms with Crippen LogP contribution >= 0.6 is 0 Å². The number of nitrogens with zero attached hydrogens (tertiary/aromatic N) is 6. The smallest absolute Gasteiger partial charge is 0.272 e. The van der Waals surface area contributed by atoms with Crippen molar-refractivity contribution in [2.75, 3.05) is 27.2 Å². The zero-order valence-electron chi connectivity index (χ0n) is 15.9. The number of likely N-dealkylation sites (tertiary alicyclic amines) is 1. The molecule has 4 rings (SSSR count). The van der Waals surface area contributed by atoms with Crippen molar-refractivity contribution < 1.29 is 9.59 Å². The molecular formula is C20H22N6O2. The van der Waals surface area contributed by atoms with Crippen molar-refractivity contribution in [1.29, 1.82) is 0 Å². The lowest BCUT2D eigenvalue weighted by Gasteiger charge is -2.32. The summed E-state index contributed by atoms with van der Waals surface area (Å²) in [6, 6.07) is 7.28. The predicted octanol–water partition coefficient (Wildman–Crippen LogP) is 1.85. The largest absolute Gasteiger partial charge is 0.345 e. The van der Waals surface area contributed by atoms with Gasteiger partial charge in [0.25, 0.3) is 11.8 Å². The highest BCUT2D eigenvalue weighted by atomic mass is 16.2. The molecule has 1 unspecified atom stereocenters. The van der Waals surface area contributed by atoms with Crippen molar-refractivity contribution in [3.05, 3.63) is 59.8 Å². The Balaban J connectivity index is 1.63. The Morgan fingerprint density at radius 1 is 1.14 bits per heavy atom. The van der Waals surface area contributed by atoms with E-state index in [1.165, 1.54) is 4.90 Å². The minimum atomic E-state index is -0.129. The first-order valence-electron chi connectivity index (χ1n) is 9.31. The van der Waals surface area contributed by atoms with Crippen LogP contribution in [0.15, 0.2) is 42.9 Å². The molecule has 1 atom stereocenters. The Bertz CT molecular complexity index is 1010. The molecule has 8 heteroatoms. The molecular weight excluding hydrogens is 356 g/mol. The molecule has 0 bridgehead atoms. The molecule has 3 aromatic rings. The first-order valence-corrected chi connectivity index (χ1v) is 9.31. The number of pyridine rings is 1. The maximum atomic E-state index is 12.8. The van der Waals surface area contributed by atoms with E-state index in [0.717, 1.165) is 18.5 Å². The Morgan fingerprint density at radius 2 is 2.00 bits per heavy atom. The molecule has 3 aromatic heterocycles. The number of amides is 2. The molecule has 1 aliphatic heterocycles. The van der Waals surface area contributed by atoms with Crippen LogP contribution in [0.3, 0.4) is 0 Å². The molecule has 144 valence electrons. The van der Waals surface area contributed by atoms with Crippen LogP contribution in [0.4, 0.5) is 0 Å². The SMILES string of the molecule is CN(C)C(=O)c1cnn2c(C3CCCN(C(=O)c4ccccn4)C3)ccnc12. The highest BCUT2D eigenvalue weighted by molar-refractivity contribution is 5.99. The number of piperidine rings is 1. The Hall–Kier alpha value is -3.29. The van der Waals surface area contributed by atoms with Crippen LogP contribution in [0.5, 0.6) is 0 Å². The van der Waals surface area contributed by atoms with E-state index in [4.69, 9.17) is 0 Å². The second kappa shape index (κ2) is 7.38. The summed E-state index contributed by atoms with van der Waals surface area (Å²) >= 11 is 0. The van der Waals surface area contributed by atoms with Crippen molar-refractivity contribution in [3.63, 3.8) is 0 Å². The summed E-state index contributed by atoms with van der Waals surface area (Å²) in [6.45, 7) is 1.30. The fraction of sp³-hybridized carbons (Fsp3) is 0.350. The van der Waals surface area contributed by atoms with Gasteiger partial charge in [0.2, 0.25) is 0 Å². The van der Waals surface area contributed by atoms with Crippen LogP contribution in [0.25, 0.3) is 5.65 Å². The van der Waals surface area contributed by atoms with Crippen molar-refractivity contribution in [3.8, 4) is 0 Å². The third-order valence-electron chi connectivity index (χ3n) is 5.08. The maximum absolute atomic E-state index is 12.8. The van der Waals surface area contributed by atoms with Gasteiger partial charge in [-0.15, -0.1) is 0 Å². The van der Waals surface area contributed by atoms with Crippen molar-refractivity contribution >= 4 is 17.5 Å². The summed E-state index contributed by atoms with van der Waals surface area (Å²) < 4.78 is 1.73. The second-order valence-corrected chi connectivity index (χ2v) is 7.17. The van der Waals surface area contributed by atoms with Crippen LogP contribution in [0.1, 0.15) is 45.3 Å². The fourth-order valence-corrected chi connectivity index (χ4v) is 3.67. The first kappa shape index (κ1) is 18.1. The quantitative estimate of drug-likeness (QED) is 0.694. The molecule has 0 saturated carbocycles. The van der Waals surface area contributed by atoms with Gasteiger partial charge in [0, 0.05) is 45.5 Å². The summed E-state index contributed by atoms with van der Waals surface area (Å²) in [7, 11) is 3.41. The van der Waals surface area contributed by atoms with Gasteiger partial charge in [-0.2, -0.15) is 5.10 Å². The maximum Gasteiger partial charge on any atom is 0.272 e. The molecule has 0 spiro atoms. The zero-order valence-corrected chi connectivity index (χ0v) is 15.9. The van der Waals surface area contributed by atoms with Crippen LogP contribution < -0.4 is 0 Å². The average Bonchev–Trinajstić information content (AvgIpc) is 3.17. The third-order valence-corrected chi connectivity index (χ3v) is 5.08. The van der Waals surface area contributed by atoms with Gasteiger partial charge in [-0.25, -0.2) is 9.50 Å². The van der Waals surface area contributed by atoms with E-state index < -0.39 is 0 Å². The zero-order chi connectivity index (χ0) is 19.7. The van der Waals surface area contributed by atoms with Crippen LogP contribution in [0.2, 0.25) is 0 Å². The summed E-state index contributed by atoms with van der Waals surface area (Å²) in [6.07, 6.45) is 6.75. The van der Waals surface area contributed by atoms with Gasteiger partial charge in [0.1, 0.15) is 11.3 Å². The number of carbonyl (C=O) groups is 2. The molecule has 0 N–H and O–H groups in total. The topological polar surface area (TPSA) is 83.7 Å². The Labute approximate surface area is 162 Å². The van der Waals surface area contributed by atoms with Crippen molar-refractivity contribution in [2.45, 2.75) is 18.8 Å². The van der Waals surface area contributed by atoms with Crippen molar-refractivity contribution in [1.82, 2.24) is 29.4 Å². The number of carbonyl (C=O) groups excluding carboxylic acids is 2. The highest BCUT2D eigenvalue weighted by Crippen LogP contribution is 2.28. The number of fused-ring (bicyclic) bond motifs is 1. The minimum absolute atomic E-state index is 0.0560. The lowest BCUT2D eigenvalue weighted by molar-refractivity contribution is 0.0699. The van der Waals surface area contributed by atoms with Gasteiger partial charge in [-0.1, -0.05) is 6.07 Å². The van der Waals surface area contributed by atoms with Gasteiger partial charge in [-0.05, 0) is 31.0 Å². The molecule has 1 aliphatic rings. The molecule has 0 radical (unpaired) electrons. The lowest BCUT2D eigenvalue weighted by atomic mass is 9.94. The molecule has 8 nitrogen and oxygen atoms in total. The van der Waals surface area contributed by atoms with E-state index in [1.54, 1.807) is 49.3 Å². The third kappa shape index (κ3) is 3.21. The van der Waals surface area contributed by atoms with Crippen LogP contribution in [-0.4, -0.2) is 68.4 Å². The average molecular weight is 378 g/mol. The molecule has 1 fully saturated rings. The minimum Gasteiger partial charge on any atom is -0.345 e. The van der Waals surface area contributed by atoms with E-state index in [0.29, 0.717) is 30.0 Å². The summed E-state index contributed by atoms with van der Waals surface area (Å²) in [5.41, 5.74) is 2.44. The predicted molar refractivity (Wildman–Crippen MR) is 103 cm³/mol. The van der Waals surface area contributed by atoms with Crippen LogP contribution in [0, 0.1) is 0 Å². The van der Waals surface area contributed by atoms with Gasteiger partial charge >= 0.3 is 0 Å². The highest BCUT2D eigenvalue weighted by Gasteiger charge is 2.28. The van der Waals surface area contributed by atoms with Gasteiger partial charge < -0.3 is 9.80 Å². The fourth-order valence-electron chi connectivity index (χ4n) is 3.67. The number of rotatable bonds is 3. The van der Waals surface area contributed by atoms with E-state index in [-0.39, 0.29) is 17.7 Å². The first-order chi connectivity index (χ1) is 13.6. The number of hydrogen-bond donors (Lipinski definition) is 0. The van der Waals surface area contributed by atoms with E-state index >= 15 is 0 Å². The molecule has 4 heterocycles. The second-order valence-electron chi connectivity index (χ2n) is 7.17. The van der Waals surface area contributed by atoms with Gasteiger partial charge in [-0.3, -0.25) is 14.6 Å². The number of aromatic nitrogens is 4. The summed E-state index contributed by atoms with van der Waals surface area (Å²) in [5, 5.41) is 4.42. The van der Waals surface area contributed by atoms with Crippen molar-refractivity contribution in [2.24, 2.45) is 0 Å². The number of hydrogen-bond acceptors (Lipinski definition) is 5. The lowest BCUT2D eigenvalue weighted by Crippen LogP contribution is -2.39. The molecule has 1 saturated heterocycles. The molecule has 28 heavy (non-hydrogen) atoms. The van der Waals surface area contributed by atoms with Gasteiger partial charge in [0.05, 0.1) is 11.9 Å². The Morgan fingerprint density at radius 3 is 2.75 bits per heavy atom. The van der Waals surface area contributed by atoms with E-state index in [9.17, 15) is 9.59 Å². The summed E-state index contributed by atoms with van der Waals surface area (Å²) in [4.78, 5) is 37.1. The molecule has 0 aromatic carbocycles.